The van der Waals surface area contributed by atoms with Crippen LogP contribution < -0.4 is 11.1 Å². The first-order valence-corrected chi connectivity index (χ1v) is 6.94. The molecule has 1 amide bonds. The Balaban J connectivity index is 2.72. The Hall–Kier alpha value is -0.640. The molecule has 3 N–H and O–H groups in total. The highest BCUT2D eigenvalue weighted by Gasteiger charge is 2.39. The smallest absolute Gasteiger partial charge is 0.223 e. The van der Waals surface area contributed by atoms with E-state index < -0.39 is 5.54 Å². The Morgan fingerprint density at radius 1 is 1.47 bits per heavy atom. The summed E-state index contributed by atoms with van der Waals surface area (Å²) in [4.78, 5) is 12.3. The number of rotatable bonds is 4. The summed E-state index contributed by atoms with van der Waals surface area (Å²) in [5, 5.41) is 3.07. The van der Waals surface area contributed by atoms with Crippen LogP contribution in [0, 0.1) is 11.8 Å². The number of nitrogens with one attached hydrogen (secondary N) is 1. The van der Waals surface area contributed by atoms with Gasteiger partial charge in [-0.3, -0.25) is 4.79 Å². The van der Waals surface area contributed by atoms with Crippen LogP contribution in [0.1, 0.15) is 52.9 Å². The van der Waals surface area contributed by atoms with Gasteiger partial charge in [-0.15, -0.1) is 0 Å². The molecule has 0 saturated heterocycles. The lowest BCUT2D eigenvalue weighted by Crippen LogP contribution is -2.59. The molecule has 0 aromatic heterocycles. The molecular formula is C13H24N2OS. The highest BCUT2D eigenvalue weighted by Crippen LogP contribution is 2.34. The Bertz CT molecular complexity index is 294. The van der Waals surface area contributed by atoms with Gasteiger partial charge in [0.15, 0.2) is 0 Å². The summed E-state index contributed by atoms with van der Waals surface area (Å²) in [6.07, 6.45) is 5.18. The SMILES string of the molecule is CCC1CCC(NC(=O)C(C)C)(C(N)=S)CC1. The molecule has 1 saturated carbocycles. The van der Waals surface area contributed by atoms with Gasteiger partial charge in [0.05, 0.1) is 10.5 Å². The minimum Gasteiger partial charge on any atom is -0.391 e. The van der Waals surface area contributed by atoms with Crippen LogP contribution in [-0.2, 0) is 4.79 Å². The Morgan fingerprint density at radius 2 is 2.00 bits per heavy atom. The zero-order valence-corrected chi connectivity index (χ0v) is 11.9. The van der Waals surface area contributed by atoms with E-state index in [2.05, 4.69) is 12.2 Å². The second-order valence-corrected chi connectivity index (χ2v) is 5.88. The lowest BCUT2D eigenvalue weighted by Gasteiger charge is -2.40. The molecule has 0 aromatic carbocycles. The highest BCUT2D eigenvalue weighted by atomic mass is 32.1. The Kier molecular flexibility index (Phi) is 4.92. The Morgan fingerprint density at radius 3 is 2.35 bits per heavy atom. The molecule has 0 aliphatic heterocycles. The monoisotopic (exact) mass is 256 g/mol. The van der Waals surface area contributed by atoms with Crippen molar-refractivity contribution >= 4 is 23.1 Å². The lowest BCUT2D eigenvalue weighted by molar-refractivity contribution is -0.125. The summed E-state index contributed by atoms with van der Waals surface area (Å²) in [7, 11) is 0. The van der Waals surface area contributed by atoms with Crippen LogP contribution in [-0.4, -0.2) is 16.4 Å². The third-order valence-electron chi connectivity index (χ3n) is 3.89. The predicted octanol–water partition coefficient (Wildman–Crippen LogP) is 2.38. The molecule has 0 atom stereocenters. The number of amides is 1. The zero-order chi connectivity index (χ0) is 13.1. The molecule has 0 spiro atoms. The summed E-state index contributed by atoms with van der Waals surface area (Å²) in [5.41, 5.74) is 5.43. The van der Waals surface area contributed by atoms with Crippen molar-refractivity contribution in [3.63, 3.8) is 0 Å². The van der Waals surface area contributed by atoms with E-state index in [1.54, 1.807) is 0 Å². The van der Waals surface area contributed by atoms with E-state index in [1.165, 1.54) is 6.42 Å². The van der Waals surface area contributed by atoms with Crippen molar-refractivity contribution in [2.75, 3.05) is 0 Å². The second kappa shape index (κ2) is 5.80. The first-order valence-electron chi connectivity index (χ1n) is 6.53. The van der Waals surface area contributed by atoms with Gasteiger partial charge in [0.1, 0.15) is 0 Å². The van der Waals surface area contributed by atoms with Gasteiger partial charge in [0.25, 0.3) is 0 Å². The van der Waals surface area contributed by atoms with E-state index in [0.717, 1.165) is 31.6 Å². The van der Waals surface area contributed by atoms with Crippen molar-refractivity contribution in [3.8, 4) is 0 Å². The maximum atomic E-state index is 11.8. The van der Waals surface area contributed by atoms with Crippen molar-refractivity contribution in [1.82, 2.24) is 5.32 Å². The number of nitrogens with two attached hydrogens (primary N) is 1. The summed E-state index contributed by atoms with van der Waals surface area (Å²) in [6, 6.07) is 0. The molecule has 1 aliphatic rings. The van der Waals surface area contributed by atoms with Crippen LogP contribution in [0.25, 0.3) is 0 Å². The van der Waals surface area contributed by atoms with Crippen molar-refractivity contribution in [3.05, 3.63) is 0 Å². The third kappa shape index (κ3) is 3.41. The molecular weight excluding hydrogens is 232 g/mol. The molecule has 98 valence electrons. The molecule has 17 heavy (non-hydrogen) atoms. The summed E-state index contributed by atoms with van der Waals surface area (Å²) in [6.45, 7) is 5.99. The Labute approximate surface area is 110 Å². The fourth-order valence-corrected chi connectivity index (χ4v) is 2.65. The molecule has 1 rings (SSSR count). The molecule has 0 radical (unpaired) electrons. The van der Waals surface area contributed by atoms with Crippen LogP contribution in [0.5, 0.6) is 0 Å². The van der Waals surface area contributed by atoms with Gasteiger partial charge in [-0.25, -0.2) is 0 Å². The van der Waals surface area contributed by atoms with E-state index in [0.29, 0.717) is 4.99 Å². The minimum absolute atomic E-state index is 0.0230. The first kappa shape index (κ1) is 14.4. The number of hydrogen-bond acceptors (Lipinski definition) is 2. The number of carbonyl (C=O) groups excluding carboxylic acids is 1. The normalized spacial score (nSPS) is 29.1. The lowest BCUT2D eigenvalue weighted by atomic mass is 9.75. The molecule has 0 unspecified atom stereocenters. The van der Waals surface area contributed by atoms with E-state index in [-0.39, 0.29) is 11.8 Å². The summed E-state index contributed by atoms with van der Waals surface area (Å²) < 4.78 is 0. The van der Waals surface area contributed by atoms with E-state index >= 15 is 0 Å². The van der Waals surface area contributed by atoms with Crippen molar-refractivity contribution in [1.29, 1.82) is 0 Å². The first-order chi connectivity index (χ1) is 7.91. The van der Waals surface area contributed by atoms with Crippen LogP contribution in [0.15, 0.2) is 0 Å². The maximum Gasteiger partial charge on any atom is 0.223 e. The number of carbonyl (C=O) groups is 1. The van der Waals surface area contributed by atoms with E-state index in [4.69, 9.17) is 18.0 Å². The topological polar surface area (TPSA) is 55.1 Å². The fraction of sp³-hybridized carbons (Fsp3) is 0.846. The molecule has 0 bridgehead atoms. The van der Waals surface area contributed by atoms with E-state index in [9.17, 15) is 4.79 Å². The van der Waals surface area contributed by atoms with Crippen LogP contribution in [0.3, 0.4) is 0 Å². The second-order valence-electron chi connectivity index (χ2n) is 5.44. The van der Waals surface area contributed by atoms with Crippen molar-refractivity contribution < 1.29 is 4.79 Å². The van der Waals surface area contributed by atoms with Crippen molar-refractivity contribution in [2.45, 2.75) is 58.4 Å². The molecule has 1 aliphatic carbocycles. The molecule has 4 heteroatoms. The van der Waals surface area contributed by atoms with Gasteiger partial charge in [-0.05, 0) is 31.6 Å². The van der Waals surface area contributed by atoms with Crippen LogP contribution in [0.2, 0.25) is 0 Å². The standard InChI is InChI=1S/C13H24N2OS/c1-4-10-5-7-13(8-6-10,12(14)17)15-11(16)9(2)3/h9-10H,4-8H2,1-3H3,(H2,14,17)(H,15,16). The predicted molar refractivity (Wildman–Crippen MR) is 74.7 cm³/mol. The van der Waals surface area contributed by atoms with Gasteiger partial charge in [-0.2, -0.15) is 0 Å². The zero-order valence-electron chi connectivity index (χ0n) is 11.1. The minimum atomic E-state index is -0.428. The number of hydrogen-bond donors (Lipinski definition) is 2. The van der Waals surface area contributed by atoms with Gasteiger partial charge >= 0.3 is 0 Å². The fourth-order valence-electron chi connectivity index (χ4n) is 2.39. The highest BCUT2D eigenvalue weighted by molar-refractivity contribution is 7.80. The summed E-state index contributed by atoms with van der Waals surface area (Å²) in [5.74, 6) is 0.784. The maximum absolute atomic E-state index is 11.8. The quantitative estimate of drug-likeness (QED) is 0.759. The molecule has 0 heterocycles. The van der Waals surface area contributed by atoms with Gasteiger partial charge in [-0.1, -0.05) is 39.4 Å². The van der Waals surface area contributed by atoms with Crippen molar-refractivity contribution in [2.24, 2.45) is 17.6 Å². The summed E-state index contributed by atoms with van der Waals surface area (Å²) >= 11 is 5.17. The average molecular weight is 256 g/mol. The third-order valence-corrected chi connectivity index (χ3v) is 4.29. The van der Waals surface area contributed by atoms with E-state index in [1.807, 2.05) is 13.8 Å². The van der Waals surface area contributed by atoms with Crippen LogP contribution in [0.4, 0.5) is 0 Å². The average Bonchev–Trinajstić information content (AvgIpc) is 2.29. The van der Waals surface area contributed by atoms with Gasteiger partial charge in [0.2, 0.25) is 5.91 Å². The largest absolute Gasteiger partial charge is 0.391 e. The molecule has 3 nitrogen and oxygen atoms in total. The number of thiocarbonyl (C=S) groups is 1. The molecule has 0 aromatic rings. The molecule has 1 fully saturated rings. The van der Waals surface area contributed by atoms with Gasteiger partial charge in [0, 0.05) is 5.92 Å². The van der Waals surface area contributed by atoms with Crippen LogP contribution >= 0.6 is 12.2 Å². The van der Waals surface area contributed by atoms with Gasteiger partial charge < -0.3 is 11.1 Å².